The Hall–Kier alpha value is -1.60. The van der Waals surface area contributed by atoms with E-state index in [2.05, 4.69) is 15.6 Å². The molecule has 7 heteroatoms. The summed E-state index contributed by atoms with van der Waals surface area (Å²) in [5, 5.41) is 6.28. The third-order valence-corrected chi connectivity index (χ3v) is 3.84. The van der Waals surface area contributed by atoms with E-state index in [9.17, 15) is 8.42 Å². The number of nitrogens with one attached hydrogen (secondary N) is 2. The molecule has 2 N–H and O–H groups in total. The fraction of sp³-hybridized carbons (Fsp3) is 0.500. The fourth-order valence-corrected chi connectivity index (χ4v) is 2.26. The Bertz CT molecular complexity index is 553. The highest BCUT2D eigenvalue weighted by Crippen LogP contribution is 2.10. The maximum atomic E-state index is 11.4. The lowest BCUT2D eigenvalue weighted by molar-refractivity contribution is 0.203. The highest BCUT2D eigenvalue weighted by atomic mass is 32.2. The van der Waals surface area contributed by atoms with Crippen molar-refractivity contribution < 1.29 is 13.2 Å². The zero-order chi connectivity index (χ0) is 15.7. The van der Waals surface area contributed by atoms with Crippen LogP contribution in [0.4, 0.5) is 0 Å². The van der Waals surface area contributed by atoms with Gasteiger partial charge < -0.3 is 15.4 Å². The average Bonchev–Trinajstić information content (AvgIpc) is 2.44. The van der Waals surface area contributed by atoms with E-state index >= 15 is 0 Å². The predicted octanol–water partition coefficient (Wildman–Crippen LogP) is 0.792. The molecular weight excluding hydrogens is 290 g/mol. The molecular formula is C14H23N3O3S. The van der Waals surface area contributed by atoms with E-state index in [1.807, 2.05) is 6.92 Å². The van der Waals surface area contributed by atoms with Gasteiger partial charge in [-0.25, -0.2) is 13.4 Å². The van der Waals surface area contributed by atoms with E-state index in [0.29, 0.717) is 30.6 Å². The molecule has 0 radical (unpaired) electrons. The van der Waals surface area contributed by atoms with E-state index in [0.717, 1.165) is 12.1 Å². The lowest BCUT2D eigenvalue weighted by Crippen LogP contribution is -2.38. The Kier molecular flexibility index (Phi) is 7.18. The highest BCUT2D eigenvalue weighted by Gasteiger charge is 2.05. The molecule has 0 fully saturated rings. The summed E-state index contributed by atoms with van der Waals surface area (Å²) in [6.45, 7) is 4.52. The molecule has 1 aromatic rings. The largest absolute Gasteiger partial charge is 0.383 e. The van der Waals surface area contributed by atoms with Gasteiger partial charge in [-0.05, 0) is 24.6 Å². The van der Waals surface area contributed by atoms with Gasteiger partial charge in [0, 0.05) is 26.5 Å². The van der Waals surface area contributed by atoms with Crippen LogP contribution in [0.3, 0.4) is 0 Å². The number of hydrogen-bond donors (Lipinski definition) is 2. The Morgan fingerprint density at radius 1 is 1.24 bits per heavy atom. The number of aliphatic imine (C=N–C) groups is 1. The zero-order valence-electron chi connectivity index (χ0n) is 12.7. The molecule has 0 aliphatic heterocycles. The van der Waals surface area contributed by atoms with Crippen molar-refractivity contribution in [2.24, 2.45) is 4.99 Å². The van der Waals surface area contributed by atoms with Crippen LogP contribution in [-0.4, -0.2) is 47.4 Å². The number of ether oxygens (including phenoxy) is 1. The second kappa shape index (κ2) is 8.63. The summed E-state index contributed by atoms with van der Waals surface area (Å²) in [5.74, 6) is 0.710. The van der Waals surface area contributed by atoms with E-state index < -0.39 is 9.84 Å². The van der Waals surface area contributed by atoms with Crippen molar-refractivity contribution in [2.45, 2.75) is 18.4 Å². The normalized spacial score (nSPS) is 12.2. The van der Waals surface area contributed by atoms with Gasteiger partial charge >= 0.3 is 0 Å². The van der Waals surface area contributed by atoms with Gasteiger partial charge in [0.15, 0.2) is 15.8 Å². The van der Waals surface area contributed by atoms with Gasteiger partial charge in [0.2, 0.25) is 0 Å². The van der Waals surface area contributed by atoms with Gasteiger partial charge in [-0.1, -0.05) is 12.1 Å². The molecule has 0 unspecified atom stereocenters. The number of guanidine groups is 1. The minimum Gasteiger partial charge on any atom is -0.383 e. The Morgan fingerprint density at radius 2 is 1.90 bits per heavy atom. The summed E-state index contributed by atoms with van der Waals surface area (Å²) < 4.78 is 27.7. The molecule has 0 saturated carbocycles. The minimum absolute atomic E-state index is 0.320. The summed E-state index contributed by atoms with van der Waals surface area (Å²) in [7, 11) is -1.50. The third kappa shape index (κ3) is 6.59. The Balaban J connectivity index is 2.67. The molecule has 0 aromatic heterocycles. The number of methoxy groups -OCH3 is 1. The highest BCUT2D eigenvalue weighted by molar-refractivity contribution is 7.90. The zero-order valence-corrected chi connectivity index (χ0v) is 13.5. The first-order valence-electron chi connectivity index (χ1n) is 6.77. The molecule has 0 aliphatic rings. The SMILES string of the molecule is CCNC(=NCc1ccc(S(C)(=O)=O)cc1)NCCOC. The molecule has 6 nitrogen and oxygen atoms in total. The summed E-state index contributed by atoms with van der Waals surface area (Å²) in [4.78, 5) is 4.76. The molecule has 0 bridgehead atoms. The quantitative estimate of drug-likeness (QED) is 0.442. The maximum Gasteiger partial charge on any atom is 0.191 e. The molecule has 0 saturated heterocycles. The summed E-state index contributed by atoms with van der Waals surface area (Å²) in [6, 6.07) is 6.76. The standard InChI is InChI=1S/C14H23N3O3S/c1-4-15-14(16-9-10-20-2)17-11-12-5-7-13(8-6-12)21(3,18)19/h5-8H,4,9-11H2,1-3H3,(H2,15,16,17). The van der Waals surface area contributed by atoms with Gasteiger partial charge in [0.1, 0.15) is 0 Å². The molecule has 1 rings (SSSR count). The summed E-state index contributed by atoms with van der Waals surface area (Å²) >= 11 is 0. The first kappa shape index (κ1) is 17.5. The smallest absolute Gasteiger partial charge is 0.191 e. The summed E-state index contributed by atoms with van der Waals surface area (Å²) in [6.07, 6.45) is 1.20. The van der Waals surface area contributed by atoms with Crippen LogP contribution in [0.5, 0.6) is 0 Å². The minimum atomic E-state index is -3.15. The lowest BCUT2D eigenvalue weighted by Gasteiger charge is -2.10. The van der Waals surface area contributed by atoms with Crippen molar-refractivity contribution in [1.82, 2.24) is 10.6 Å². The van der Waals surface area contributed by atoms with Crippen molar-refractivity contribution in [3.63, 3.8) is 0 Å². The second-order valence-electron chi connectivity index (χ2n) is 4.53. The van der Waals surface area contributed by atoms with Gasteiger partial charge in [-0.3, -0.25) is 0 Å². The van der Waals surface area contributed by atoms with Crippen molar-refractivity contribution >= 4 is 15.8 Å². The van der Waals surface area contributed by atoms with Crippen LogP contribution in [0.2, 0.25) is 0 Å². The molecule has 21 heavy (non-hydrogen) atoms. The van der Waals surface area contributed by atoms with E-state index in [1.54, 1.807) is 31.4 Å². The van der Waals surface area contributed by atoms with Crippen molar-refractivity contribution in [1.29, 1.82) is 0 Å². The molecule has 0 heterocycles. The topological polar surface area (TPSA) is 79.8 Å². The van der Waals surface area contributed by atoms with Crippen LogP contribution < -0.4 is 10.6 Å². The number of nitrogens with zero attached hydrogens (tertiary/aromatic N) is 1. The predicted molar refractivity (Wildman–Crippen MR) is 84.2 cm³/mol. The second-order valence-corrected chi connectivity index (χ2v) is 6.55. The number of hydrogen-bond acceptors (Lipinski definition) is 4. The number of benzene rings is 1. The van der Waals surface area contributed by atoms with Crippen LogP contribution in [0, 0.1) is 0 Å². The van der Waals surface area contributed by atoms with Gasteiger partial charge in [0.05, 0.1) is 18.0 Å². The molecule has 0 amide bonds. The third-order valence-electron chi connectivity index (χ3n) is 2.71. The van der Waals surface area contributed by atoms with E-state index in [4.69, 9.17) is 4.74 Å². The van der Waals surface area contributed by atoms with Crippen molar-refractivity contribution in [3.8, 4) is 0 Å². The van der Waals surface area contributed by atoms with Gasteiger partial charge in [-0.15, -0.1) is 0 Å². The van der Waals surface area contributed by atoms with E-state index in [1.165, 1.54) is 6.26 Å². The Morgan fingerprint density at radius 3 is 2.43 bits per heavy atom. The van der Waals surface area contributed by atoms with Crippen LogP contribution in [0.1, 0.15) is 12.5 Å². The van der Waals surface area contributed by atoms with Crippen LogP contribution in [0.15, 0.2) is 34.2 Å². The molecule has 1 aromatic carbocycles. The molecule has 118 valence electrons. The first-order valence-corrected chi connectivity index (χ1v) is 8.66. The first-order chi connectivity index (χ1) is 9.97. The van der Waals surface area contributed by atoms with E-state index in [-0.39, 0.29) is 0 Å². The van der Waals surface area contributed by atoms with Crippen LogP contribution >= 0.6 is 0 Å². The van der Waals surface area contributed by atoms with Crippen molar-refractivity contribution in [2.75, 3.05) is 33.1 Å². The molecule has 0 atom stereocenters. The van der Waals surface area contributed by atoms with Crippen molar-refractivity contribution in [3.05, 3.63) is 29.8 Å². The number of rotatable bonds is 7. The lowest BCUT2D eigenvalue weighted by atomic mass is 10.2. The van der Waals surface area contributed by atoms with Crippen LogP contribution in [0.25, 0.3) is 0 Å². The fourth-order valence-electron chi connectivity index (χ4n) is 1.63. The van der Waals surface area contributed by atoms with Crippen LogP contribution in [-0.2, 0) is 21.1 Å². The molecule has 0 aliphatic carbocycles. The maximum absolute atomic E-state index is 11.4. The molecule has 0 spiro atoms. The number of sulfone groups is 1. The van der Waals surface area contributed by atoms with Gasteiger partial charge in [-0.2, -0.15) is 0 Å². The monoisotopic (exact) mass is 313 g/mol. The summed E-state index contributed by atoms with van der Waals surface area (Å²) in [5.41, 5.74) is 0.950. The Labute approximate surface area is 126 Å². The van der Waals surface area contributed by atoms with Gasteiger partial charge in [0.25, 0.3) is 0 Å². The average molecular weight is 313 g/mol.